The largest absolute Gasteiger partial charge is 0.508 e. The number of methoxy groups -OCH3 is 1. The van der Waals surface area contributed by atoms with Crippen molar-refractivity contribution >= 4 is 82.8 Å². The molecule has 1 unspecified atom stereocenters. The number of amides is 7. The Hall–Kier alpha value is -7.42. The van der Waals surface area contributed by atoms with E-state index < -0.39 is 102 Å². The molecule has 0 aromatic heterocycles. The number of hydrogen-bond acceptors (Lipinski definition) is 16. The van der Waals surface area contributed by atoms with Gasteiger partial charge in [0.2, 0.25) is 46.5 Å². The number of thioether (sulfide) groups is 1. The van der Waals surface area contributed by atoms with Gasteiger partial charge in [0.05, 0.1) is 33.4 Å². The van der Waals surface area contributed by atoms with Gasteiger partial charge in [0, 0.05) is 43.4 Å². The monoisotopic (exact) mass is 1110 g/mol. The summed E-state index contributed by atoms with van der Waals surface area (Å²) in [6.07, 6.45) is -0.216. The molecule has 0 aliphatic heterocycles. The van der Waals surface area contributed by atoms with Gasteiger partial charge in [0.1, 0.15) is 41.7 Å². The number of aliphatic hydroxyl groups excluding tert-OH is 1. The highest BCUT2D eigenvalue weighted by atomic mass is 32.2. The molecule has 77 heavy (non-hydrogen) atoms. The van der Waals surface area contributed by atoms with Crippen molar-refractivity contribution in [3.63, 3.8) is 0 Å². The Labute approximate surface area is 456 Å². The van der Waals surface area contributed by atoms with Crippen LogP contribution in [0.2, 0.25) is 0 Å². The zero-order chi connectivity index (χ0) is 56.9. The molecule has 0 fully saturated rings. The van der Waals surface area contributed by atoms with Crippen molar-refractivity contribution < 1.29 is 63.2 Å². The van der Waals surface area contributed by atoms with E-state index in [1.54, 1.807) is 42.5 Å². The maximum Gasteiger partial charge on any atom is 0.326 e. The Morgan fingerprint density at radius 2 is 1.26 bits per heavy atom. The molecule has 420 valence electrons. The summed E-state index contributed by atoms with van der Waals surface area (Å²) < 4.78 is 5.19. The Kier molecular flexibility index (Phi) is 28.4. The molecule has 3 rings (SSSR count). The molecule has 0 aliphatic carbocycles. The van der Waals surface area contributed by atoms with Gasteiger partial charge in [-0.15, -0.1) is 0 Å². The molecule has 3 aromatic rings. The van der Waals surface area contributed by atoms with E-state index >= 15 is 0 Å². The van der Waals surface area contributed by atoms with E-state index in [0.29, 0.717) is 22.6 Å². The fraction of sp³-hybridized carbons (Fsp3) is 0.451. The minimum Gasteiger partial charge on any atom is -0.508 e. The second-order valence-electron chi connectivity index (χ2n) is 17.9. The molecule has 15 N–H and O–H groups in total. The van der Waals surface area contributed by atoms with Gasteiger partial charge in [-0.2, -0.15) is 12.6 Å². The number of nitrogens with two attached hydrogens (primary N) is 2. The Morgan fingerprint density at radius 1 is 0.675 bits per heavy atom. The molecule has 0 saturated heterocycles. The number of aliphatic hydroxyl groups is 1. The van der Waals surface area contributed by atoms with E-state index in [9.17, 15) is 58.5 Å². The number of hydrogen-bond donors (Lipinski definition) is 14. The van der Waals surface area contributed by atoms with Crippen molar-refractivity contribution in [1.82, 2.24) is 42.5 Å². The number of guanidine groups is 1. The summed E-state index contributed by atoms with van der Waals surface area (Å²) >= 11 is 5.11. The van der Waals surface area contributed by atoms with Crippen molar-refractivity contribution in [2.45, 2.75) is 88.6 Å². The van der Waals surface area contributed by atoms with Crippen molar-refractivity contribution in [1.29, 1.82) is 0 Å². The third-order valence-electron chi connectivity index (χ3n) is 11.3. The van der Waals surface area contributed by atoms with Gasteiger partial charge < -0.3 is 74.1 Å². The van der Waals surface area contributed by atoms with E-state index in [1.165, 1.54) is 31.4 Å². The van der Waals surface area contributed by atoms with E-state index in [0.717, 1.165) is 17.3 Å². The quantitative estimate of drug-likeness (QED) is 0.0147. The fourth-order valence-electron chi connectivity index (χ4n) is 7.30. The van der Waals surface area contributed by atoms with E-state index in [4.69, 9.17) is 16.2 Å². The third-order valence-corrected chi connectivity index (χ3v) is 12.6. The summed E-state index contributed by atoms with van der Waals surface area (Å²) in [5, 5.41) is 49.7. The first-order chi connectivity index (χ1) is 36.7. The van der Waals surface area contributed by atoms with Crippen LogP contribution in [0.5, 0.6) is 11.5 Å². The second kappa shape index (κ2) is 34.3. The minimum atomic E-state index is -1.62. The molecule has 0 spiro atoms. The van der Waals surface area contributed by atoms with Gasteiger partial charge in [-0.25, -0.2) is 4.79 Å². The zero-order valence-electron chi connectivity index (χ0n) is 43.1. The number of phenolic OH excluding ortho intramolecular Hbond substituents is 1. The van der Waals surface area contributed by atoms with Crippen molar-refractivity contribution in [2.24, 2.45) is 22.4 Å². The SMILES string of the molecule is COc1ccc(C(CS)NCC(=O)NCC(=O)N[C@@H](CO)C(=O)N[C@@H](Cc2ccc(O)cc2)C(=O)N[C@@H](CCCN=C(N)N)C(=O)N[C@@H](Cc2ccccc2)C(=O)NCC(=O)SCCC(=O)N[C@@H](CC(C)C)C(=O)O)cc1. The van der Waals surface area contributed by atoms with Gasteiger partial charge in [0.25, 0.3) is 0 Å². The molecule has 0 saturated carbocycles. The van der Waals surface area contributed by atoms with Gasteiger partial charge in [-0.3, -0.25) is 43.3 Å². The predicted octanol–water partition coefficient (Wildman–Crippen LogP) is -1.07. The van der Waals surface area contributed by atoms with Gasteiger partial charge in [-0.05, 0) is 66.1 Å². The lowest BCUT2D eigenvalue weighted by atomic mass is 10.0. The summed E-state index contributed by atoms with van der Waals surface area (Å²) in [6.45, 7) is 1.45. The second-order valence-corrected chi connectivity index (χ2v) is 19.5. The van der Waals surface area contributed by atoms with Crippen LogP contribution in [0, 0.1) is 5.92 Å². The Balaban J connectivity index is 1.75. The number of ether oxygens (including phenoxy) is 1. The minimum absolute atomic E-state index is 0.00581. The van der Waals surface area contributed by atoms with Crippen molar-refractivity contribution in [3.05, 3.63) is 95.6 Å². The van der Waals surface area contributed by atoms with Gasteiger partial charge in [0.15, 0.2) is 5.96 Å². The van der Waals surface area contributed by atoms with Crippen LogP contribution in [-0.4, -0.2) is 155 Å². The van der Waals surface area contributed by atoms with Crippen LogP contribution < -0.4 is 58.7 Å². The lowest BCUT2D eigenvalue weighted by Crippen LogP contribution is -2.59. The summed E-state index contributed by atoms with van der Waals surface area (Å²) in [5.41, 5.74) is 12.9. The Morgan fingerprint density at radius 3 is 1.84 bits per heavy atom. The number of carboxylic acids is 1. The molecule has 7 amide bonds. The normalized spacial score (nSPS) is 13.2. The number of carboxylic acid groups (broad SMARTS) is 1. The number of carbonyl (C=O) groups is 9. The highest BCUT2D eigenvalue weighted by Gasteiger charge is 2.32. The first kappa shape index (κ1) is 63.9. The number of thiol groups is 1. The molecule has 6 atom stereocenters. The molecule has 0 radical (unpaired) electrons. The maximum atomic E-state index is 14.3. The average molecular weight is 1110 g/mol. The molecule has 0 heterocycles. The number of aromatic hydroxyl groups is 1. The number of aliphatic imine (C=N–C) groups is 1. The van der Waals surface area contributed by atoms with E-state index in [2.05, 4.69) is 60.2 Å². The van der Waals surface area contributed by atoms with Crippen LogP contribution in [0.4, 0.5) is 0 Å². The Bertz CT molecular complexity index is 2450. The van der Waals surface area contributed by atoms with E-state index in [1.807, 2.05) is 26.0 Å². The molecule has 0 aliphatic rings. The first-order valence-corrected chi connectivity index (χ1v) is 26.2. The lowest BCUT2D eigenvalue weighted by Gasteiger charge is -2.26. The molecule has 0 bridgehead atoms. The van der Waals surface area contributed by atoms with Crippen LogP contribution in [0.1, 0.15) is 62.3 Å². The molecule has 24 nitrogen and oxygen atoms in total. The number of phenols is 1. The fourth-order valence-corrected chi connectivity index (χ4v) is 8.33. The molecule has 26 heteroatoms. The van der Waals surface area contributed by atoms with Crippen LogP contribution in [0.3, 0.4) is 0 Å². The average Bonchev–Trinajstić information content (AvgIpc) is 3.40. The number of rotatable bonds is 34. The number of benzene rings is 3. The van der Waals surface area contributed by atoms with Crippen LogP contribution >= 0.6 is 24.4 Å². The maximum absolute atomic E-state index is 14.3. The standard InChI is InChI=1S/C51H71N11O13S2/c1-30(2)22-39(50(73)74)58-42(65)19-21-77-45(68)27-57-46(69)37(23-31-8-5-4-6-9-31)61-47(70)36(10-7-20-54-51(52)53)60-48(71)38(24-32-11-15-34(64)16-12-32)62-49(72)40(28-63)59-44(67)26-56-43(66)25-55-41(29-76)33-13-17-35(75-3)18-14-33/h4-6,8-9,11-18,30,36-41,55,63-64,76H,7,10,19-29H2,1-3H3,(H,56,66)(H,57,69)(H,58,65)(H,59,67)(H,60,71)(H,61,70)(H,62,72)(H,73,74)(H4,52,53,54)/t36-,37-,38-,39-,40-,41?/m0/s1. The van der Waals surface area contributed by atoms with E-state index in [-0.39, 0.29) is 81.0 Å². The van der Waals surface area contributed by atoms with Crippen LogP contribution in [0.15, 0.2) is 83.9 Å². The summed E-state index contributed by atoms with van der Waals surface area (Å²) in [4.78, 5) is 123. The zero-order valence-corrected chi connectivity index (χ0v) is 44.8. The summed E-state index contributed by atoms with van der Waals surface area (Å²) in [7, 11) is 1.54. The van der Waals surface area contributed by atoms with Crippen molar-refractivity contribution in [2.75, 3.05) is 51.4 Å². The lowest BCUT2D eigenvalue weighted by molar-refractivity contribution is -0.142. The highest BCUT2D eigenvalue weighted by molar-refractivity contribution is 8.13. The number of aliphatic carboxylic acids is 1. The van der Waals surface area contributed by atoms with Crippen LogP contribution in [-0.2, 0) is 56.0 Å². The van der Waals surface area contributed by atoms with Crippen LogP contribution in [0.25, 0.3) is 0 Å². The molecular weight excluding hydrogens is 1040 g/mol. The first-order valence-electron chi connectivity index (χ1n) is 24.6. The number of nitrogens with zero attached hydrogens (tertiary/aromatic N) is 1. The smallest absolute Gasteiger partial charge is 0.326 e. The summed E-state index contributed by atoms with van der Waals surface area (Å²) in [6, 6.07) is 14.2. The van der Waals surface area contributed by atoms with Gasteiger partial charge in [-0.1, -0.05) is 80.2 Å². The third kappa shape index (κ3) is 24.9. The summed E-state index contributed by atoms with van der Waals surface area (Å²) in [5.74, 6) is -6.02. The van der Waals surface area contributed by atoms with Crippen molar-refractivity contribution in [3.8, 4) is 11.5 Å². The molecule has 3 aromatic carbocycles. The topological polar surface area (TPSA) is 384 Å². The number of carbonyl (C=O) groups excluding carboxylic acids is 8. The highest BCUT2D eigenvalue weighted by Crippen LogP contribution is 2.19. The number of nitrogens with one attached hydrogen (secondary N) is 8. The predicted molar refractivity (Wildman–Crippen MR) is 291 cm³/mol. The molecular formula is C51H71N11O13S2. The van der Waals surface area contributed by atoms with Gasteiger partial charge >= 0.3 is 5.97 Å².